The Morgan fingerprint density at radius 1 is 0.917 bits per heavy atom. The van der Waals surface area contributed by atoms with Gasteiger partial charge in [-0.2, -0.15) is 0 Å². The zero-order valence-electron chi connectivity index (χ0n) is 13.7. The maximum atomic E-state index is 13.3. The molecule has 1 aliphatic heterocycles. The third-order valence-electron chi connectivity index (χ3n) is 3.76. The highest BCUT2D eigenvalue weighted by Crippen LogP contribution is 2.50. The average molecular weight is 344 g/mol. The zero-order chi connectivity index (χ0) is 16.8. The fraction of sp³-hybridized carbons (Fsp3) is 0.278. The van der Waals surface area contributed by atoms with E-state index >= 15 is 0 Å². The van der Waals surface area contributed by atoms with Crippen molar-refractivity contribution in [1.29, 1.82) is 0 Å². The maximum absolute atomic E-state index is 13.3. The van der Waals surface area contributed by atoms with Crippen LogP contribution in [0.5, 0.6) is 11.5 Å². The smallest absolute Gasteiger partial charge is 0.399 e. The Hall–Kier alpha value is -2.26. The second-order valence-corrected chi connectivity index (χ2v) is 7.12. The van der Waals surface area contributed by atoms with Crippen molar-refractivity contribution in [3.8, 4) is 11.5 Å². The van der Waals surface area contributed by atoms with Crippen LogP contribution in [0.15, 0.2) is 65.4 Å². The molecule has 1 saturated heterocycles. The maximum Gasteiger partial charge on any atom is 0.564 e. The Labute approximate surface area is 142 Å². The summed E-state index contributed by atoms with van der Waals surface area (Å²) in [7, 11) is -3.73. The highest BCUT2D eigenvalue weighted by atomic mass is 31.2. The van der Waals surface area contributed by atoms with Gasteiger partial charge in [0.2, 0.25) is 0 Å². The van der Waals surface area contributed by atoms with Crippen LogP contribution in [-0.2, 0) is 4.57 Å². The molecule has 0 atom stereocenters. The van der Waals surface area contributed by atoms with E-state index in [1.165, 1.54) is 0 Å². The van der Waals surface area contributed by atoms with Gasteiger partial charge in [-0.25, -0.2) is 4.57 Å². The number of rotatable bonds is 5. The van der Waals surface area contributed by atoms with E-state index in [9.17, 15) is 4.57 Å². The first kappa shape index (κ1) is 16.6. The molecule has 0 aliphatic carbocycles. The Morgan fingerprint density at radius 2 is 1.38 bits per heavy atom. The molecule has 1 aliphatic rings. The monoisotopic (exact) mass is 344 g/mol. The van der Waals surface area contributed by atoms with E-state index in [1.54, 1.807) is 24.3 Å². The summed E-state index contributed by atoms with van der Waals surface area (Å²) in [4.78, 5) is 2.11. The molecule has 126 valence electrons. The van der Waals surface area contributed by atoms with E-state index in [0.29, 0.717) is 17.3 Å². The number of hydrogen-bond acceptors (Lipinski definition) is 3. The summed E-state index contributed by atoms with van der Waals surface area (Å²) in [5.41, 5.74) is 0. The number of para-hydroxylation sites is 2. The van der Waals surface area contributed by atoms with E-state index in [0.717, 1.165) is 25.9 Å². The zero-order valence-corrected chi connectivity index (χ0v) is 14.6. The molecule has 6 heteroatoms. The molecular formula is C18H21N2O3P. The van der Waals surface area contributed by atoms with Gasteiger partial charge in [-0.05, 0) is 44.0 Å². The van der Waals surface area contributed by atoms with E-state index in [4.69, 9.17) is 9.05 Å². The van der Waals surface area contributed by atoms with Gasteiger partial charge in [0.1, 0.15) is 17.3 Å². The summed E-state index contributed by atoms with van der Waals surface area (Å²) in [5, 5.41) is 0. The molecule has 0 spiro atoms. The lowest BCUT2D eigenvalue weighted by atomic mass is 10.3. The summed E-state index contributed by atoms with van der Waals surface area (Å²) in [6, 6.07) is 18.0. The van der Waals surface area contributed by atoms with E-state index < -0.39 is 7.75 Å². The van der Waals surface area contributed by atoms with Crippen LogP contribution in [0.2, 0.25) is 0 Å². The second-order valence-electron chi connectivity index (χ2n) is 5.62. The lowest BCUT2D eigenvalue weighted by molar-refractivity contribution is 0.386. The first-order valence-corrected chi connectivity index (χ1v) is 9.55. The molecular weight excluding hydrogens is 323 g/mol. The molecule has 0 unspecified atom stereocenters. The third kappa shape index (κ3) is 4.39. The van der Waals surface area contributed by atoms with E-state index in [2.05, 4.69) is 9.66 Å². The fourth-order valence-corrected chi connectivity index (χ4v) is 3.95. The molecule has 0 N–H and O–H groups in total. The van der Waals surface area contributed by atoms with Gasteiger partial charge in [-0.3, -0.25) is 0 Å². The molecule has 24 heavy (non-hydrogen) atoms. The summed E-state index contributed by atoms with van der Waals surface area (Å²) in [5.74, 6) is 1.62. The first-order chi connectivity index (χ1) is 11.6. The van der Waals surface area contributed by atoms with Crippen molar-refractivity contribution < 1.29 is 13.6 Å². The first-order valence-electron chi connectivity index (χ1n) is 8.06. The summed E-state index contributed by atoms with van der Waals surface area (Å²) < 4.78 is 28.9. The Morgan fingerprint density at radius 3 is 1.83 bits per heavy atom. The summed E-state index contributed by atoms with van der Waals surface area (Å²) >= 11 is 0. The molecule has 0 aromatic heterocycles. The predicted molar refractivity (Wildman–Crippen MR) is 95.7 cm³/mol. The van der Waals surface area contributed by atoms with Crippen molar-refractivity contribution in [1.82, 2.24) is 4.90 Å². The Bertz CT molecular complexity index is 683. The largest absolute Gasteiger partial charge is 0.564 e. The number of amidine groups is 1. The number of likely N-dealkylation sites (tertiary alicyclic amines) is 1. The minimum Gasteiger partial charge on any atom is -0.399 e. The van der Waals surface area contributed by atoms with Crippen LogP contribution in [0.4, 0.5) is 0 Å². The molecule has 0 amide bonds. The molecule has 3 rings (SSSR count). The third-order valence-corrected chi connectivity index (χ3v) is 5.18. The van der Waals surface area contributed by atoms with Gasteiger partial charge in [0.25, 0.3) is 0 Å². The fourth-order valence-electron chi connectivity index (χ4n) is 2.57. The van der Waals surface area contributed by atoms with Crippen molar-refractivity contribution >= 4 is 13.6 Å². The van der Waals surface area contributed by atoms with E-state index in [-0.39, 0.29) is 0 Å². The van der Waals surface area contributed by atoms with Crippen molar-refractivity contribution in [3.63, 3.8) is 0 Å². The topological polar surface area (TPSA) is 51.1 Å². The van der Waals surface area contributed by atoms with Crippen LogP contribution < -0.4 is 9.05 Å². The lowest BCUT2D eigenvalue weighted by Crippen LogP contribution is -2.25. The van der Waals surface area contributed by atoms with Crippen LogP contribution in [0, 0.1) is 0 Å². The quantitative estimate of drug-likeness (QED) is 0.445. The van der Waals surface area contributed by atoms with Crippen molar-refractivity contribution in [2.45, 2.75) is 19.8 Å². The van der Waals surface area contributed by atoms with Crippen LogP contribution in [0.1, 0.15) is 19.8 Å². The average Bonchev–Trinajstić information content (AvgIpc) is 3.11. The molecule has 0 bridgehead atoms. The van der Waals surface area contributed by atoms with Crippen LogP contribution in [0.3, 0.4) is 0 Å². The lowest BCUT2D eigenvalue weighted by Gasteiger charge is -2.20. The summed E-state index contributed by atoms with van der Waals surface area (Å²) in [6.07, 6.45) is 2.24. The van der Waals surface area contributed by atoms with Gasteiger partial charge >= 0.3 is 7.75 Å². The van der Waals surface area contributed by atoms with Gasteiger partial charge in [0, 0.05) is 13.1 Å². The number of benzene rings is 2. The molecule has 1 heterocycles. The van der Waals surface area contributed by atoms with Gasteiger partial charge < -0.3 is 13.9 Å². The summed E-state index contributed by atoms with van der Waals surface area (Å²) in [6.45, 7) is 3.69. The van der Waals surface area contributed by atoms with Crippen molar-refractivity contribution in [3.05, 3.63) is 60.7 Å². The van der Waals surface area contributed by atoms with Crippen molar-refractivity contribution in [2.24, 2.45) is 4.76 Å². The molecule has 0 saturated carbocycles. The number of nitrogens with zero attached hydrogens (tertiary/aromatic N) is 2. The standard InChI is InChI=1S/C18H21N2O3P/c1-16(20-14-8-9-15-20)19-24(21,22-17-10-4-2-5-11-17)23-18-12-6-3-7-13-18/h2-7,10-13H,8-9,14-15H2,1H3/b19-16+. The highest BCUT2D eigenvalue weighted by Gasteiger charge is 2.30. The Balaban J connectivity index is 1.87. The number of hydrogen-bond donors (Lipinski definition) is 0. The second kappa shape index (κ2) is 7.54. The highest BCUT2D eigenvalue weighted by molar-refractivity contribution is 7.53. The van der Waals surface area contributed by atoms with E-state index in [1.807, 2.05) is 43.3 Å². The Kier molecular flexibility index (Phi) is 5.21. The van der Waals surface area contributed by atoms with Crippen LogP contribution in [0.25, 0.3) is 0 Å². The molecule has 5 nitrogen and oxygen atoms in total. The molecule has 2 aromatic carbocycles. The van der Waals surface area contributed by atoms with Crippen molar-refractivity contribution in [2.75, 3.05) is 13.1 Å². The van der Waals surface area contributed by atoms with Gasteiger partial charge in [-0.15, -0.1) is 4.76 Å². The van der Waals surface area contributed by atoms with Gasteiger partial charge in [0.15, 0.2) is 0 Å². The van der Waals surface area contributed by atoms with Gasteiger partial charge in [0.05, 0.1) is 0 Å². The van der Waals surface area contributed by atoms with Crippen LogP contribution in [-0.4, -0.2) is 23.8 Å². The molecule has 1 fully saturated rings. The molecule has 2 aromatic rings. The van der Waals surface area contributed by atoms with Gasteiger partial charge in [-0.1, -0.05) is 36.4 Å². The normalized spacial score (nSPS) is 15.4. The van der Waals surface area contributed by atoms with Crippen LogP contribution >= 0.6 is 7.75 Å². The SMILES string of the molecule is C/C(=N\P(=O)(Oc1ccccc1)Oc1ccccc1)N1CCCC1. The molecule has 0 radical (unpaired) electrons. The predicted octanol–water partition coefficient (Wildman–Crippen LogP) is 4.77. The minimum absolute atomic E-state index is 0.467. The minimum atomic E-state index is -3.73.